The molecule has 0 aliphatic heterocycles. The molecule has 5 nitrogen and oxygen atoms in total. The molecule has 2 aromatic carbocycles. The molecule has 1 aromatic heterocycles. The number of aromatic nitrogens is 1. The first kappa shape index (κ1) is 24.6. The highest BCUT2D eigenvalue weighted by Crippen LogP contribution is 2.31. The van der Waals surface area contributed by atoms with Gasteiger partial charge < -0.3 is 9.64 Å². The first-order chi connectivity index (χ1) is 14.0. The molecule has 0 atom stereocenters. The van der Waals surface area contributed by atoms with E-state index >= 15 is 0 Å². The fraction of sp³-hybridized carbons (Fsp3) is 0.364. The molecule has 30 heavy (non-hydrogen) atoms. The average molecular weight is 513 g/mol. The van der Waals surface area contributed by atoms with E-state index in [1.54, 1.807) is 16.2 Å². The second kappa shape index (κ2) is 11.6. The fourth-order valence-electron chi connectivity index (χ4n) is 3.08. The van der Waals surface area contributed by atoms with Crippen molar-refractivity contribution in [3.05, 3.63) is 52.5 Å². The van der Waals surface area contributed by atoms with Crippen molar-refractivity contribution in [3.8, 4) is 5.75 Å². The molecule has 0 aliphatic rings. The summed E-state index contributed by atoms with van der Waals surface area (Å²) in [6, 6.07) is 13.3. The maximum absolute atomic E-state index is 13.4. The molecule has 0 radical (unpaired) electrons. The van der Waals surface area contributed by atoms with Crippen LogP contribution in [0.5, 0.6) is 5.75 Å². The van der Waals surface area contributed by atoms with Crippen LogP contribution >= 0.6 is 39.7 Å². The zero-order valence-corrected chi connectivity index (χ0v) is 20.6. The number of hydrogen-bond donors (Lipinski definition) is 0. The number of halogens is 2. The minimum Gasteiger partial charge on any atom is -0.494 e. The number of likely N-dealkylation sites (N-methyl/N-ethyl adjacent to an activating group) is 1. The number of ether oxygens (including phenoxy) is 1. The Labute approximate surface area is 196 Å². The van der Waals surface area contributed by atoms with Gasteiger partial charge in [0.15, 0.2) is 5.13 Å². The highest BCUT2D eigenvalue weighted by molar-refractivity contribution is 9.10. The van der Waals surface area contributed by atoms with E-state index < -0.39 is 0 Å². The van der Waals surface area contributed by atoms with E-state index in [0.29, 0.717) is 18.7 Å². The minimum absolute atomic E-state index is 0. The first-order valence-corrected chi connectivity index (χ1v) is 11.5. The second-order valence-electron chi connectivity index (χ2n) is 6.55. The van der Waals surface area contributed by atoms with Gasteiger partial charge in [0, 0.05) is 23.1 Å². The third kappa shape index (κ3) is 5.94. The van der Waals surface area contributed by atoms with Crippen molar-refractivity contribution in [2.24, 2.45) is 0 Å². The number of thiazole rings is 1. The Balaban J connectivity index is 0.00000320. The van der Waals surface area contributed by atoms with Crippen LogP contribution in [0.4, 0.5) is 5.13 Å². The molecule has 0 bridgehead atoms. The molecule has 3 aromatic rings. The third-order valence-corrected chi connectivity index (χ3v) is 6.30. The van der Waals surface area contributed by atoms with Crippen LogP contribution in [0.15, 0.2) is 46.9 Å². The Morgan fingerprint density at radius 2 is 1.77 bits per heavy atom. The van der Waals surface area contributed by atoms with Crippen molar-refractivity contribution < 1.29 is 9.53 Å². The summed E-state index contributed by atoms with van der Waals surface area (Å²) in [6.45, 7) is 10.1. The van der Waals surface area contributed by atoms with Crippen LogP contribution in [0.25, 0.3) is 10.2 Å². The smallest absolute Gasteiger partial charge is 0.260 e. The maximum atomic E-state index is 13.4. The van der Waals surface area contributed by atoms with Gasteiger partial charge in [-0.15, -0.1) is 12.4 Å². The van der Waals surface area contributed by atoms with Crippen molar-refractivity contribution >= 4 is 60.9 Å². The lowest BCUT2D eigenvalue weighted by atomic mass is 10.2. The molecule has 0 saturated heterocycles. The summed E-state index contributed by atoms with van der Waals surface area (Å²) >= 11 is 5.05. The number of hydrogen-bond acceptors (Lipinski definition) is 5. The van der Waals surface area contributed by atoms with E-state index in [2.05, 4.69) is 34.7 Å². The zero-order chi connectivity index (χ0) is 20.8. The van der Waals surface area contributed by atoms with Crippen LogP contribution in [0.1, 0.15) is 31.1 Å². The molecule has 0 fully saturated rings. The molecule has 0 saturated carbocycles. The second-order valence-corrected chi connectivity index (χ2v) is 8.47. The van der Waals surface area contributed by atoms with Gasteiger partial charge in [-0.05, 0) is 62.5 Å². The van der Waals surface area contributed by atoms with Gasteiger partial charge in [0.25, 0.3) is 5.91 Å². The highest BCUT2D eigenvalue weighted by atomic mass is 79.9. The molecule has 162 valence electrons. The summed E-state index contributed by atoms with van der Waals surface area (Å²) in [5.41, 5.74) is 1.54. The predicted molar refractivity (Wildman–Crippen MR) is 132 cm³/mol. The summed E-state index contributed by atoms with van der Waals surface area (Å²) in [5, 5.41) is 0.726. The highest BCUT2D eigenvalue weighted by Gasteiger charge is 2.22. The number of nitrogens with zero attached hydrogens (tertiary/aromatic N) is 3. The van der Waals surface area contributed by atoms with Gasteiger partial charge in [0.05, 0.1) is 16.8 Å². The van der Waals surface area contributed by atoms with Crippen LogP contribution in [-0.2, 0) is 0 Å². The third-order valence-electron chi connectivity index (χ3n) is 4.76. The molecule has 0 spiro atoms. The number of fused-ring (bicyclic) bond motifs is 1. The molecular formula is C22H27BrClN3O2S. The van der Waals surface area contributed by atoms with Crippen molar-refractivity contribution in [2.45, 2.75) is 20.8 Å². The molecule has 1 heterocycles. The van der Waals surface area contributed by atoms with E-state index in [1.807, 2.05) is 49.4 Å². The Morgan fingerprint density at radius 3 is 2.40 bits per heavy atom. The number of benzene rings is 2. The Bertz CT molecular complexity index is 961. The van der Waals surface area contributed by atoms with E-state index in [-0.39, 0.29) is 18.3 Å². The van der Waals surface area contributed by atoms with Crippen LogP contribution in [0.2, 0.25) is 0 Å². The topological polar surface area (TPSA) is 45.7 Å². The number of carbonyl (C=O) groups is 1. The largest absolute Gasteiger partial charge is 0.494 e. The number of rotatable bonds is 9. The van der Waals surface area contributed by atoms with E-state index in [9.17, 15) is 4.79 Å². The molecule has 1 amide bonds. The fourth-order valence-corrected chi connectivity index (χ4v) is 4.63. The van der Waals surface area contributed by atoms with Crippen LogP contribution in [0.3, 0.4) is 0 Å². The summed E-state index contributed by atoms with van der Waals surface area (Å²) in [4.78, 5) is 22.2. The standard InChI is InChI=1S/C22H26BrN3O2S.ClH/c1-4-25(5-2)13-14-26(21(27)16-7-10-18(11-8-16)28-6-3)22-24-19-12-9-17(23)15-20(19)29-22;/h7-12,15H,4-6,13-14H2,1-3H3;1H. The molecular weight excluding hydrogens is 486 g/mol. The Hall–Kier alpha value is -1.67. The van der Waals surface area contributed by atoms with Gasteiger partial charge in [-0.3, -0.25) is 9.69 Å². The van der Waals surface area contributed by atoms with Crippen LogP contribution in [-0.4, -0.2) is 48.6 Å². The number of anilines is 1. The zero-order valence-electron chi connectivity index (χ0n) is 17.4. The van der Waals surface area contributed by atoms with Gasteiger partial charge >= 0.3 is 0 Å². The van der Waals surface area contributed by atoms with E-state index in [4.69, 9.17) is 9.72 Å². The number of carbonyl (C=O) groups excluding carboxylic acids is 1. The lowest BCUT2D eigenvalue weighted by molar-refractivity contribution is 0.0983. The molecule has 0 unspecified atom stereocenters. The van der Waals surface area contributed by atoms with Crippen LogP contribution < -0.4 is 9.64 Å². The van der Waals surface area contributed by atoms with Crippen molar-refractivity contribution in [2.75, 3.05) is 37.7 Å². The summed E-state index contributed by atoms with van der Waals surface area (Å²) in [5.74, 6) is 0.724. The van der Waals surface area contributed by atoms with Gasteiger partial charge in [-0.25, -0.2) is 4.98 Å². The van der Waals surface area contributed by atoms with E-state index in [0.717, 1.165) is 45.2 Å². The number of amides is 1. The van der Waals surface area contributed by atoms with Gasteiger partial charge in [0.2, 0.25) is 0 Å². The van der Waals surface area contributed by atoms with E-state index in [1.165, 1.54) is 0 Å². The lowest BCUT2D eigenvalue weighted by Crippen LogP contribution is -2.38. The summed E-state index contributed by atoms with van der Waals surface area (Å²) in [6.07, 6.45) is 0. The van der Waals surface area contributed by atoms with Gasteiger partial charge in [-0.1, -0.05) is 41.1 Å². The van der Waals surface area contributed by atoms with Crippen molar-refractivity contribution in [1.29, 1.82) is 0 Å². The SMILES string of the molecule is CCOc1ccc(C(=O)N(CCN(CC)CC)c2nc3ccc(Br)cc3s2)cc1.Cl. The average Bonchev–Trinajstić information content (AvgIpc) is 3.14. The predicted octanol–water partition coefficient (Wildman–Crippen LogP) is 5.87. The minimum atomic E-state index is -0.0432. The molecule has 8 heteroatoms. The Morgan fingerprint density at radius 1 is 1.07 bits per heavy atom. The summed E-state index contributed by atoms with van der Waals surface area (Å²) in [7, 11) is 0. The molecule has 0 N–H and O–H groups in total. The molecule has 0 aliphatic carbocycles. The maximum Gasteiger partial charge on any atom is 0.260 e. The Kier molecular flexibility index (Phi) is 9.55. The monoisotopic (exact) mass is 511 g/mol. The lowest BCUT2D eigenvalue weighted by Gasteiger charge is -2.24. The normalized spacial score (nSPS) is 10.8. The van der Waals surface area contributed by atoms with Crippen LogP contribution in [0, 0.1) is 0 Å². The molecule has 3 rings (SSSR count). The van der Waals surface area contributed by atoms with Crippen molar-refractivity contribution in [3.63, 3.8) is 0 Å². The van der Waals surface area contributed by atoms with Crippen molar-refractivity contribution in [1.82, 2.24) is 9.88 Å². The summed E-state index contributed by atoms with van der Waals surface area (Å²) < 4.78 is 7.56. The quantitative estimate of drug-likeness (QED) is 0.360. The van der Waals surface area contributed by atoms with Gasteiger partial charge in [-0.2, -0.15) is 0 Å². The first-order valence-electron chi connectivity index (χ1n) is 9.88. The van der Waals surface area contributed by atoms with Gasteiger partial charge in [0.1, 0.15) is 5.75 Å².